The van der Waals surface area contributed by atoms with Crippen LogP contribution in [-0.2, 0) is 0 Å². The fourth-order valence-electron chi connectivity index (χ4n) is 1.09. The molecule has 0 aliphatic rings. The molecule has 0 aliphatic heterocycles. The molecule has 0 saturated heterocycles. The Hall–Kier alpha value is -1.48. The van der Waals surface area contributed by atoms with E-state index in [1.54, 1.807) is 18.3 Å². The van der Waals surface area contributed by atoms with E-state index in [1.807, 2.05) is 19.2 Å². The molecule has 3 nitrogen and oxygen atoms in total. The van der Waals surface area contributed by atoms with Crippen LogP contribution in [0.2, 0.25) is 0 Å². The van der Waals surface area contributed by atoms with Gasteiger partial charge in [0.25, 0.3) is 0 Å². The van der Waals surface area contributed by atoms with E-state index in [9.17, 15) is 4.79 Å². The summed E-state index contributed by atoms with van der Waals surface area (Å²) in [5, 5.41) is 3.04. The van der Waals surface area contributed by atoms with Crippen molar-refractivity contribution in [2.24, 2.45) is 0 Å². The zero-order valence-corrected chi connectivity index (χ0v) is 8.23. The molecular formula is C11H14N2O. The minimum atomic E-state index is 0.633. The molecule has 1 heterocycles. The Morgan fingerprint density at radius 3 is 3.14 bits per heavy atom. The van der Waals surface area contributed by atoms with Gasteiger partial charge < -0.3 is 5.32 Å². The van der Waals surface area contributed by atoms with Gasteiger partial charge in [0, 0.05) is 11.8 Å². The minimum absolute atomic E-state index is 0.633. The van der Waals surface area contributed by atoms with Crippen molar-refractivity contribution in [3.63, 3.8) is 0 Å². The van der Waals surface area contributed by atoms with Crippen LogP contribution in [0.5, 0.6) is 0 Å². The molecular weight excluding hydrogens is 176 g/mol. The first kappa shape index (κ1) is 10.6. The first-order valence-electron chi connectivity index (χ1n) is 4.60. The summed E-state index contributed by atoms with van der Waals surface area (Å²) in [5.41, 5.74) is 1.37. The van der Waals surface area contributed by atoms with Crippen LogP contribution in [-0.4, -0.2) is 24.9 Å². The van der Waals surface area contributed by atoms with E-state index >= 15 is 0 Å². The quantitative estimate of drug-likeness (QED) is 0.565. The van der Waals surface area contributed by atoms with E-state index in [1.165, 1.54) is 0 Å². The molecule has 0 aromatic carbocycles. The molecule has 0 aliphatic carbocycles. The van der Waals surface area contributed by atoms with Crippen molar-refractivity contribution in [2.45, 2.75) is 6.42 Å². The van der Waals surface area contributed by atoms with Crippen molar-refractivity contribution in [3.05, 3.63) is 35.7 Å². The fraction of sp³-hybridized carbons (Fsp3) is 0.273. The lowest BCUT2D eigenvalue weighted by atomic mass is 10.2. The lowest BCUT2D eigenvalue weighted by Crippen LogP contribution is -2.05. The number of rotatable bonds is 5. The SMILES string of the molecule is CNCCC=Cc1ncccc1C=O. The van der Waals surface area contributed by atoms with Gasteiger partial charge in [0.05, 0.1) is 5.69 Å². The van der Waals surface area contributed by atoms with Crippen LogP contribution in [0.1, 0.15) is 22.5 Å². The van der Waals surface area contributed by atoms with Crippen LogP contribution in [0.25, 0.3) is 6.08 Å². The third-order valence-corrected chi connectivity index (χ3v) is 1.83. The molecule has 1 aromatic rings. The van der Waals surface area contributed by atoms with Gasteiger partial charge in [0.2, 0.25) is 0 Å². The predicted molar refractivity (Wildman–Crippen MR) is 57.2 cm³/mol. The molecule has 14 heavy (non-hydrogen) atoms. The minimum Gasteiger partial charge on any atom is -0.319 e. The Kier molecular flexibility index (Phi) is 4.58. The molecule has 74 valence electrons. The van der Waals surface area contributed by atoms with Gasteiger partial charge in [-0.15, -0.1) is 0 Å². The monoisotopic (exact) mass is 190 g/mol. The predicted octanol–water partition coefficient (Wildman–Crippen LogP) is 1.52. The summed E-state index contributed by atoms with van der Waals surface area (Å²) in [4.78, 5) is 14.7. The normalized spacial score (nSPS) is 10.6. The van der Waals surface area contributed by atoms with Gasteiger partial charge >= 0.3 is 0 Å². The number of pyridine rings is 1. The van der Waals surface area contributed by atoms with Gasteiger partial charge in [0.1, 0.15) is 0 Å². The molecule has 0 atom stereocenters. The highest BCUT2D eigenvalue weighted by molar-refractivity contribution is 5.80. The number of nitrogens with one attached hydrogen (secondary N) is 1. The van der Waals surface area contributed by atoms with E-state index in [0.717, 1.165) is 24.9 Å². The van der Waals surface area contributed by atoms with Crippen LogP contribution in [0.3, 0.4) is 0 Å². The average Bonchev–Trinajstić information content (AvgIpc) is 2.25. The summed E-state index contributed by atoms with van der Waals surface area (Å²) in [6.07, 6.45) is 7.33. The maximum Gasteiger partial charge on any atom is 0.152 e. The summed E-state index contributed by atoms with van der Waals surface area (Å²) in [6.45, 7) is 0.930. The highest BCUT2D eigenvalue weighted by Gasteiger charge is 1.96. The van der Waals surface area contributed by atoms with Crippen LogP contribution >= 0.6 is 0 Å². The summed E-state index contributed by atoms with van der Waals surface area (Å²) in [6, 6.07) is 3.52. The topological polar surface area (TPSA) is 42.0 Å². The Balaban J connectivity index is 2.65. The Morgan fingerprint density at radius 1 is 1.57 bits per heavy atom. The van der Waals surface area contributed by atoms with E-state index in [4.69, 9.17) is 0 Å². The first-order chi connectivity index (χ1) is 6.88. The number of hydrogen-bond acceptors (Lipinski definition) is 3. The van der Waals surface area contributed by atoms with Crippen LogP contribution in [0.4, 0.5) is 0 Å². The Morgan fingerprint density at radius 2 is 2.43 bits per heavy atom. The van der Waals surface area contributed by atoms with Gasteiger partial charge in [0.15, 0.2) is 6.29 Å². The van der Waals surface area contributed by atoms with Gasteiger partial charge in [-0.05, 0) is 38.2 Å². The third kappa shape index (κ3) is 3.11. The van der Waals surface area contributed by atoms with Crippen LogP contribution in [0.15, 0.2) is 24.4 Å². The third-order valence-electron chi connectivity index (χ3n) is 1.83. The molecule has 3 heteroatoms. The molecule has 0 fully saturated rings. The van der Waals surface area contributed by atoms with Crippen molar-refractivity contribution >= 4 is 12.4 Å². The number of nitrogens with zero attached hydrogens (tertiary/aromatic N) is 1. The molecule has 0 amide bonds. The molecule has 0 spiro atoms. The highest BCUT2D eigenvalue weighted by Crippen LogP contribution is 2.04. The lowest BCUT2D eigenvalue weighted by Gasteiger charge is -1.96. The summed E-state index contributed by atoms with van der Waals surface area (Å²) >= 11 is 0. The number of aromatic nitrogens is 1. The highest BCUT2D eigenvalue weighted by atomic mass is 16.1. The second-order valence-electron chi connectivity index (χ2n) is 2.89. The van der Waals surface area contributed by atoms with E-state index in [-0.39, 0.29) is 0 Å². The zero-order chi connectivity index (χ0) is 10.2. The number of carbonyl (C=O) groups excluding carboxylic acids is 1. The smallest absolute Gasteiger partial charge is 0.152 e. The molecule has 1 rings (SSSR count). The van der Waals surface area contributed by atoms with E-state index in [2.05, 4.69) is 10.3 Å². The molecule has 0 bridgehead atoms. The van der Waals surface area contributed by atoms with Crippen molar-refractivity contribution in [1.82, 2.24) is 10.3 Å². The Bertz CT molecular complexity index is 321. The van der Waals surface area contributed by atoms with Crippen LogP contribution < -0.4 is 5.32 Å². The molecule has 1 aromatic heterocycles. The molecule has 0 saturated carbocycles. The summed E-state index contributed by atoms with van der Waals surface area (Å²) in [7, 11) is 1.91. The van der Waals surface area contributed by atoms with Gasteiger partial charge in [-0.2, -0.15) is 0 Å². The second-order valence-corrected chi connectivity index (χ2v) is 2.89. The maximum absolute atomic E-state index is 10.6. The molecule has 1 N–H and O–H groups in total. The van der Waals surface area contributed by atoms with Crippen LogP contribution in [0, 0.1) is 0 Å². The molecule has 0 unspecified atom stereocenters. The Labute approximate surface area is 83.9 Å². The van der Waals surface area contributed by atoms with E-state index < -0.39 is 0 Å². The van der Waals surface area contributed by atoms with Gasteiger partial charge in [-0.25, -0.2) is 0 Å². The van der Waals surface area contributed by atoms with Crippen molar-refractivity contribution < 1.29 is 4.79 Å². The fourth-order valence-corrected chi connectivity index (χ4v) is 1.09. The summed E-state index contributed by atoms with van der Waals surface area (Å²) in [5.74, 6) is 0. The standard InChI is InChI=1S/C11H14N2O/c1-12-7-3-2-6-11-10(9-14)5-4-8-13-11/h2,4-6,8-9,12H,3,7H2,1H3. The van der Waals surface area contributed by atoms with Crippen molar-refractivity contribution in [1.29, 1.82) is 0 Å². The lowest BCUT2D eigenvalue weighted by molar-refractivity contribution is 0.112. The maximum atomic E-state index is 10.6. The number of aldehydes is 1. The zero-order valence-electron chi connectivity index (χ0n) is 8.23. The van der Waals surface area contributed by atoms with Gasteiger partial charge in [-0.1, -0.05) is 6.08 Å². The second kappa shape index (κ2) is 6.05. The van der Waals surface area contributed by atoms with Crippen molar-refractivity contribution in [2.75, 3.05) is 13.6 Å². The first-order valence-corrected chi connectivity index (χ1v) is 4.60. The van der Waals surface area contributed by atoms with Crippen molar-refractivity contribution in [3.8, 4) is 0 Å². The molecule has 0 radical (unpaired) electrons. The largest absolute Gasteiger partial charge is 0.319 e. The number of hydrogen-bond donors (Lipinski definition) is 1. The van der Waals surface area contributed by atoms with Gasteiger partial charge in [-0.3, -0.25) is 9.78 Å². The average molecular weight is 190 g/mol. The summed E-state index contributed by atoms with van der Waals surface area (Å²) < 4.78 is 0. The number of carbonyl (C=O) groups is 1. The van der Waals surface area contributed by atoms with E-state index in [0.29, 0.717) is 5.56 Å².